The van der Waals surface area contributed by atoms with Crippen LogP contribution in [0.4, 0.5) is 0 Å². The van der Waals surface area contributed by atoms with Gasteiger partial charge >= 0.3 is 0 Å². The Labute approximate surface area is 229 Å². The fourth-order valence-corrected chi connectivity index (χ4v) is 4.97. The lowest BCUT2D eigenvalue weighted by atomic mass is 10.0. The molecule has 0 aliphatic rings. The van der Waals surface area contributed by atoms with Crippen molar-refractivity contribution in [2.24, 2.45) is 0 Å². The third-order valence-electron chi connectivity index (χ3n) is 7.52. The van der Waals surface area contributed by atoms with Crippen molar-refractivity contribution in [2.45, 2.75) is 206 Å². The lowest BCUT2D eigenvalue weighted by Crippen LogP contribution is -1.85. The fraction of sp³-hybridized carbons (Fsp3) is 1.00. The minimum Gasteiger partial charge on any atom is -0.396 e. The van der Waals surface area contributed by atoms with E-state index in [0.29, 0.717) is 13.2 Å². The Kier molecular flexibility index (Phi) is 41.7. The molecule has 0 rings (SSSR count). The van der Waals surface area contributed by atoms with Crippen LogP contribution in [0.2, 0.25) is 0 Å². The molecule has 0 amide bonds. The Bertz CT molecular complexity index is 301. The first kappa shape index (κ1) is 38.1. The molecule has 0 atom stereocenters. The zero-order valence-corrected chi connectivity index (χ0v) is 25.5. The van der Waals surface area contributed by atoms with Gasteiger partial charge in [0, 0.05) is 13.2 Å². The monoisotopic (exact) mass is 513 g/mol. The smallest absolute Gasteiger partial charge is 0.0431 e. The zero-order chi connectivity index (χ0) is 26.6. The second-order valence-electron chi connectivity index (χ2n) is 11.3. The van der Waals surface area contributed by atoms with E-state index in [9.17, 15) is 0 Å². The molecule has 0 heterocycles. The summed E-state index contributed by atoms with van der Waals surface area (Å²) in [5, 5.41) is 17.3. The van der Waals surface area contributed by atoms with Gasteiger partial charge in [-0.25, -0.2) is 0 Å². The summed E-state index contributed by atoms with van der Waals surface area (Å²) in [6, 6.07) is 0. The number of rotatable bonds is 30. The van der Waals surface area contributed by atoms with Crippen LogP contribution in [-0.4, -0.2) is 23.4 Å². The summed E-state index contributed by atoms with van der Waals surface area (Å²) in [6.07, 6.45) is 41.4. The average Bonchev–Trinajstić information content (AvgIpc) is 2.89. The van der Waals surface area contributed by atoms with E-state index >= 15 is 0 Å². The van der Waals surface area contributed by atoms with Crippen molar-refractivity contribution in [1.29, 1.82) is 0 Å². The minimum absolute atomic E-state index is 0.373. The summed E-state index contributed by atoms with van der Waals surface area (Å²) in [4.78, 5) is 0. The van der Waals surface area contributed by atoms with Crippen LogP contribution in [0, 0.1) is 0 Å². The van der Waals surface area contributed by atoms with Gasteiger partial charge in [-0.2, -0.15) is 0 Å². The van der Waals surface area contributed by atoms with Gasteiger partial charge < -0.3 is 10.2 Å². The molecule has 0 fully saturated rings. The van der Waals surface area contributed by atoms with Gasteiger partial charge in [-0.05, 0) is 12.8 Å². The van der Waals surface area contributed by atoms with Crippen molar-refractivity contribution in [1.82, 2.24) is 0 Å². The molecule has 2 heteroatoms. The average molecular weight is 513 g/mol. The maximum atomic E-state index is 8.67. The SMILES string of the molecule is CCCCCCCCCCCCCCCCCCO.CCCCCCCCCCCCCCCCO. The first-order chi connectivity index (χ1) is 17.8. The van der Waals surface area contributed by atoms with E-state index in [1.807, 2.05) is 0 Å². The van der Waals surface area contributed by atoms with E-state index in [4.69, 9.17) is 10.2 Å². The zero-order valence-electron chi connectivity index (χ0n) is 25.5. The standard InChI is InChI=1S/C18H38O.C16H34O/c1-2-3-4-5-6-7-8-9-10-11-12-13-14-15-16-17-18-19;1-2-3-4-5-6-7-8-9-10-11-12-13-14-15-16-17/h19H,2-18H2,1H3;17H,2-16H2,1H3. The first-order valence-electron chi connectivity index (χ1n) is 17.0. The molecule has 0 saturated heterocycles. The van der Waals surface area contributed by atoms with Gasteiger partial charge in [0.15, 0.2) is 0 Å². The molecule has 0 saturated carbocycles. The van der Waals surface area contributed by atoms with Crippen LogP contribution in [-0.2, 0) is 0 Å². The minimum atomic E-state index is 0.373. The van der Waals surface area contributed by atoms with E-state index in [2.05, 4.69) is 13.8 Å². The summed E-state index contributed by atoms with van der Waals surface area (Å²) in [7, 11) is 0. The van der Waals surface area contributed by atoms with E-state index in [-0.39, 0.29) is 0 Å². The molecule has 220 valence electrons. The molecule has 0 bridgehead atoms. The molecule has 36 heavy (non-hydrogen) atoms. The molecular formula is C34H72O2. The van der Waals surface area contributed by atoms with Crippen LogP contribution >= 0.6 is 0 Å². The van der Waals surface area contributed by atoms with Crippen molar-refractivity contribution in [3.05, 3.63) is 0 Å². The second kappa shape index (κ2) is 39.4. The quantitative estimate of drug-likeness (QED) is 0.0939. The molecule has 0 unspecified atom stereocenters. The maximum absolute atomic E-state index is 8.67. The van der Waals surface area contributed by atoms with Crippen molar-refractivity contribution in [2.75, 3.05) is 13.2 Å². The van der Waals surface area contributed by atoms with Gasteiger partial charge in [0.2, 0.25) is 0 Å². The Balaban J connectivity index is 0. The Hall–Kier alpha value is -0.0800. The highest BCUT2D eigenvalue weighted by Crippen LogP contribution is 2.14. The van der Waals surface area contributed by atoms with Crippen molar-refractivity contribution in [3.63, 3.8) is 0 Å². The molecule has 2 N–H and O–H groups in total. The van der Waals surface area contributed by atoms with Crippen LogP contribution in [0.3, 0.4) is 0 Å². The van der Waals surface area contributed by atoms with Gasteiger partial charge in [-0.15, -0.1) is 0 Å². The highest BCUT2D eigenvalue weighted by atomic mass is 16.3. The highest BCUT2D eigenvalue weighted by molar-refractivity contribution is 4.50. The first-order valence-corrected chi connectivity index (χ1v) is 17.0. The molecular weight excluding hydrogens is 440 g/mol. The topological polar surface area (TPSA) is 40.5 Å². The van der Waals surface area contributed by atoms with E-state index in [0.717, 1.165) is 12.8 Å². The summed E-state index contributed by atoms with van der Waals surface area (Å²) >= 11 is 0. The predicted octanol–water partition coefficient (Wildman–Crippen LogP) is 11.7. The van der Waals surface area contributed by atoms with E-state index in [1.165, 1.54) is 180 Å². The van der Waals surface area contributed by atoms with Crippen LogP contribution < -0.4 is 0 Å². The van der Waals surface area contributed by atoms with Crippen LogP contribution in [0.5, 0.6) is 0 Å². The number of aliphatic hydroxyl groups is 2. The molecule has 0 aliphatic heterocycles. The Morgan fingerprint density at radius 2 is 0.361 bits per heavy atom. The number of aliphatic hydroxyl groups excluding tert-OH is 2. The summed E-state index contributed by atoms with van der Waals surface area (Å²) in [5.41, 5.74) is 0. The largest absolute Gasteiger partial charge is 0.396 e. The number of hydrogen-bond acceptors (Lipinski definition) is 2. The molecule has 0 aromatic heterocycles. The molecule has 0 radical (unpaired) electrons. The van der Waals surface area contributed by atoms with Crippen LogP contribution in [0.15, 0.2) is 0 Å². The normalized spacial score (nSPS) is 11.0. The number of unbranched alkanes of at least 4 members (excludes halogenated alkanes) is 28. The number of hydrogen-bond donors (Lipinski definition) is 2. The van der Waals surface area contributed by atoms with E-state index < -0.39 is 0 Å². The third-order valence-corrected chi connectivity index (χ3v) is 7.52. The van der Waals surface area contributed by atoms with Crippen LogP contribution in [0.25, 0.3) is 0 Å². The second-order valence-corrected chi connectivity index (χ2v) is 11.3. The van der Waals surface area contributed by atoms with Gasteiger partial charge in [-0.3, -0.25) is 0 Å². The Morgan fingerprint density at radius 1 is 0.222 bits per heavy atom. The molecule has 0 aliphatic carbocycles. The fourth-order valence-electron chi connectivity index (χ4n) is 4.97. The molecule has 0 spiro atoms. The van der Waals surface area contributed by atoms with Crippen molar-refractivity contribution < 1.29 is 10.2 Å². The van der Waals surface area contributed by atoms with Gasteiger partial charge in [0.25, 0.3) is 0 Å². The Morgan fingerprint density at radius 3 is 0.500 bits per heavy atom. The van der Waals surface area contributed by atoms with Gasteiger partial charge in [0.05, 0.1) is 0 Å². The predicted molar refractivity (Wildman–Crippen MR) is 164 cm³/mol. The molecule has 0 aromatic carbocycles. The summed E-state index contributed by atoms with van der Waals surface area (Å²) < 4.78 is 0. The highest BCUT2D eigenvalue weighted by Gasteiger charge is 1.95. The maximum Gasteiger partial charge on any atom is 0.0431 e. The van der Waals surface area contributed by atoms with Gasteiger partial charge in [-0.1, -0.05) is 194 Å². The summed E-state index contributed by atoms with van der Waals surface area (Å²) in [6.45, 7) is 5.31. The van der Waals surface area contributed by atoms with E-state index in [1.54, 1.807) is 0 Å². The summed E-state index contributed by atoms with van der Waals surface area (Å²) in [5.74, 6) is 0. The van der Waals surface area contributed by atoms with Crippen molar-refractivity contribution >= 4 is 0 Å². The lowest BCUT2D eigenvalue weighted by Gasteiger charge is -2.03. The van der Waals surface area contributed by atoms with Crippen LogP contribution in [0.1, 0.15) is 206 Å². The third kappa shape index (κ3) is 41.1. The molecule has 2 nitrogen and oxygen atoms in total. The lowest BCUT2D eigenvalue weighted by molar-refractivity contribution is 0.282. The molecule has 0 aromatic rings. The van der Waals surface area contributed by atoms with Gasteiger partial charge in [0.1, 0.15) is 0 Å². The van der Waals surface area contributed by atoms with Crippen molar-refractivity contribution in [3.8, 4) is 0 Å².